The highest BCUT2D eigenvalue weighted by Crippen LogP contribution is 2.13. The summed E-state index contributed by atoms with van der Waals surface area (Å²) in [6.45, 7) is 3.69. The first kappa shape index (κ1) is 8.89. The molecule has 0 aliphatic carbocycles. The van der Waals surface area contributed by atoms with Gasteiger partial charge in [-0.1, -0.05) is 23.7 Å². The number of hydrogen-bond donors (Lipinski definition) is 0. The van der Waals surface area contributed by atoms with E-state index >= 15 is 0 Å². The van der Waals surface area contributed by atoms with Crippen LogP contribution in [0.4, 0.5) is 0 Å². The second kappa shape index (κ2) is 3.99. The zero-order valence-corrected chi connectivity index (χ0v) is 7.57. The predicted molar refractivity (Wildman–Crippen MR) is 50.2 cm³/mol. The molecule has 2 heteroatoms. The van der Waals surface area contributed by atoms with Crippen molar-refractivity contribution in [3.05, 3.63) is 41.8 Å². The van der Waals surface area contributed by atoms with Gasteiger partial charge in [0, 0.05) is 10.4 Å². The Morgan fingerprint density at radius 3 is 2.73 bits per heavy atom. The molecular formula is C9H9Cl2. The Hall–Kier alpha value is -0.200. The summed E-state index contributed by atoms with van der Waals surface area (Å²) in [5, 5.41) is 0.674. The van der Waals surface area contributed by atoms with Gasteiger partial charge in [-0.05, 0) is 31.0 Å². The van der Waals surface area contributed by atoms with Crippen LogP contribution in [-0.2, 0) is 6.42 Å². The van der Waals surface area contributed by atoms with E-state index in [1.54, 1.807) is 0 Å². The molecule has 1 unspecified atom stereocenters. The van der Waals surface area contributed by atoms with Crippen molar-refractivity contribution in [2.24, 2.45) is 0 Å². The first-order chi connectivity index (χ1) is 5.18. The maximum absolute atomic E-state index is 5.76. The molecule has 0 aromatic heterocycles. The van der Waals surface area contributed by atoms with Gasteiger partial charge in [-0.15, -0.1) is 11.6 Å². The first-order valence-corrected chi connectivity index (χ1v) is 4.21. The Morgan fingerprint density at radius 2 is 2.18 bits per heavy atom. The van der Waals surface area contributed by atoms with Crippen molar-refractivity contribution in [1.29, 1.82) is 0 Å². The van der Waals surface area contributed by atoms with Crippen LogP contribution in [0.1, 0.15) is 5.56 Å². The van der Waals surface area contributed by atoms with E-state index in [4.69, 9.17) is 23.2 Å². The van der Waals surface area contributed by atoms with Crippen LogP contribution in [0.15, 0.2) is 24.3 Å². The highest BCUT2D eigenvalue weighted by Gasteiger charge is 1.98. The topological polar surface area (TPSA) is 0 Å². The summed E-state index contributed by atoms with van der Waals surface area (Å²) >= 11 is 11.5. The molecule has 0 spiro atoms. The van der Waals surface area contributed by atoms with Crippen molar-refractivity contribution in [2.45, 2.75) is 11.8 Å². The maximum atomic E-state index is 5.76. The Morgan fingerprint density at radius 1 is 1.45 bits per heavy atom. The number of halogens is 2. The fourth-order valence-corrected chi connectivity index (χ4v) is 1.31. The summed E-state index contributed by atoms with van der Waals surface area (Å²) in [7, 11) is 0. The summed E-state index contributed by atoms with van der Waals surface area (Å²) in [5.41, 5.74) is 1.13. The third-order valence-electron chi connectivity index (χ3n) is 1.35. The summed E-state index contributed by atoms with van der Waals surface area (Å²) in [6, 6.07) is 7.66. The van der Waals surface area contributed by atoms with Crippen molar-refractivity contribution < 1.29 is 0 Å². The lowest BCUT2D eigenvalue weighted by atomic mass is 10.1. The van der Waals surface area contributed by atoms with E-state index in [1.807, 2.05) is 24.3 Å². The lowest BCUT2D eigenvalue weighted by Gasteiger charge is -2.02. The summed E-state index contributed by atoms with van der Waals surface area (Å²) in [5.74, 6) is 0. The van der Waals surface area contributed by atoms with Gasteiger partial charge < -0.3 is 0 Å². The van der Waals surface area contributed by atoms with Gasteiger partial charge in [0.25, 0.3) is 0 Å². The number of alkyl halides is 1. The minimum absolute atomic E-state index is 0.0755. The number of hydrogen-bond acceptors (Lipinski definition) is 0. The van der Waals surface area contributed by atoms with Gasteiger partial charge in [0.15, 0.2) is 0 Å². The molecule has 0 aliphatic rings. The predicted octanol–water partition coefficient (Wildman–Crippen LogP) is 3.32. The molecule has 0 bridgehead atoms. The molecule has 0 saturated carbocycles. The average molecular weight is 188 g/mol. The van der Waals surface area contributed by atoms with Crippen molar-refractivity contribution >= 4 is 23.2 Å². The van der Waals surface area contributed by atoms with Crippen LogP contribution < -0.4 is 0 Å². The van der Waals surface area contributed by atoms with Gasteiger partial charge in [0.2, 0.25) is 0 Å². The zero-order chi connectivity index (χ0) is 8.27. The van der Waals surface area contributed by atoms with Crippen molar-refractivity contribution in [3.8, 4) is 0 Å². The Labute approximate surface area is 77.1 Å². The molecule has 11 heavy (non-hydrogen) atoms. The van der Waals surface area contributed by atoms with Crippen LogP contribution in [0.3, 0.4) is 0 Å². The van der Waals surface area contributed by atoms with Crippen LogP contribution in [0.2, 0.25) is 5.02 Å². The molecule has 59 valence electrons. The minimum atomic E-state index is -0.0755. The van der Waals surface area contributed by atoms with Gasteiger partial charge in [0.1, 0.15) is 0 Å². The van der Waals surface area contributed by atoms with Gasteiger partial charge in [-0.3, -0.25) is 0 Å². The molecule has 0 amide bonds. The Balaban J connectivity index is 2.71. The molecular weight excluding hydrogens is 179 g/mol. The van der Waals surface area contributed by atoms with Gasteiger partial charge in [-0.2, -0.15) is 0 Å². The third-order valence-corrected chi connectivity index (χ3v) is 1.74. The fourth-order valence-electron chi connectivity index (χ4n) is 0.920. The molecule has 1 aromatic rings. The smallest absolute Gasteiger partial charge is 0.0408 e. The summed E-state index contributed by atoms with van der Waals surface area (Å²) in [4.78, 5) is 0. The van der Waals surface area contributed by atoms with E-state index in [-0.39, 0.29) is 5.38 Å². The largest absolute Gasteiger partial charge is 0.123 e. The van der Waals surface area contributed by atoms with Gasteiger partial charge >= 0.3 is 0 Å². The van der Waals surface area contributed by atoms with Crippen LogP contribution >= 0.6 is 23.2 Å². The lowest BCUT2D eigenvalue weighted by Crippen LogP contribution is -1.96. The van der Waals surface area contributed by atoms with Crippen molar-refractivity contribution in [1.82, 2.24) is 0 Å². The van der Waals surface area contributed by atoms with E-state index in [0.29, 0.717) is 0 Å². The molecule has 1 radical (unpaired) electrons. The highest BCUT2D eigenvalue weighted by molar-refractivity contribution is 6.30. The average Bonchev–Trinajstić information content (AvgIpc) is 1.85. The number of rotatable bonds is 2. The number of benzene rings is 1. The van der Waals surface area contributed by atoms with Crippen molar-refractivity contribution in [3.63, 3.8) is 0 Å². The minimum Gasteiger partial charge on any atom is -0.123 e. The second-order valence-corrected chi connectivity index (χ2v) is 3.48. The molecule has 0 nitrogen and oxygen atoms in total. The molecule has 1 rings (SSSR count). The molecule has 0 heterocycles. The normalized spacial score (nSPS) is 13.0. The van der Waals surface area contributed by atoms with Gasteiger partial charge in [0.05, 0.1) is 0 Å². The van der Waals surface area contributed by atoms with Crippen LogP contribution in [-0.4, -0.2) is 5.38 Å². The molecule has 1 atom stereocenters. The van der Waals surface area contributed by atoms with E-state index in [0.717, 1.165) is 17.0 Å². The van der Waals surface area contributed by atoms with Crippen molar-refractivity contribution in [2.75, 3.05) is 0 Å². The van der Waals surface area contributed by atoms with E-state index in [1.165, 1.54) is 0 Å². The first-order valence-electron chi connectivity index (χ1n) is 3.40. The van der Waals surface area contributed by atoms with Crippen LogP contribution in [0.5, 0.6) is 0 Å². The molecule has 0 fully saturated rings. The molecule has 0 saturated heterocycles. The molecule has 0 N–H and O–H groups in total. The monoisotopic (exact) mass is 187 g/mol. The highest BCUT2D eigenvalue weighted by atomic mass is 35.5. The van der Waals surface area contributed by atoms with Crippen LogP contribution in [0.25, 0.3) is 0 Å². The lowest BCUT2D eigenvalue weighted by molar-refractivity contribution is 1.01. The standard InChI is InChI=1S/C9H9Cl2/c1-7(10)5-8-3-2-4-9(11)6-8/h2-4,6-7H,1,5H2. The summed E-state index contributed by atoms with van der Waals surface area (Å²) in [6.07, 6.45) is 0.766. The maximum Gasteiger partial charge on any atom is 0.0408 e. The van der Waals surface area contributed by atoms with Crippen LogP contribution in [0, 0.1) is 6.92 Å². The Bertz CT molecular complexity index is 231. The second-order valence-electron chi connectivity index (χ2n) is 2.43. The SMILES string of the molecule is [CH2]C(Cl)Cc1cccc(Cl)c1. The Kier molecular flexibility index (Phi) is 3.22. The van der Waals surface area contributed by atoms with Gasteiger partial charge in [-0.25, -0.2) is 0 Å². The fraction of sp³-hybridized carbons (Fsp3) is 0.222. The summed E-state index contributed by atoms with van der Waals surface area (Å²) < 4.78 is 0. The van der Waals surface area contributed by atoms with E-state index in [9.17, 15) is 0 Å². The molecule has 1 aromatic carbocycles. The zero-order valence-electron chi connectivity index (χ0n) is 6.06. The third kappa shape index (κ3) is 3.13. The van der Waals surface area contributed by atoms with E-state index < -0.39 is 0 Å². The molecule has 0 aliphatic heterocycles. The quantitative estimate of drug-likeness (QED) is 0.624. The van der Waals surface area contributed by atoms with E-state index in [2.05, 4.69) is 6.92 Å².